The van der Waals surface area contributed by atoms with Gasteiger partial charge in [-0.25, -0.2) is 0 Å². The molecule has 2 rings (SSSR count). The zero-order chi connectivity index (χ0) is 10.3. The van der Waals surface area contributed by atoms with Gasteiger partial charge in [0.15, 0.2) is 0 Å². The second-order valence-corrected chi connectivity index (χ2v) is 4.30. The predicted octanol–water partition coefficient (Wildman–Crippen LogP) is 1.29. The molecule has 1 unspecified atom stereocenters. The molecule has 1 aliphatic heterocycles. The van der Waals surface area contributed by atoms with E-state index in [0.29, 0.717) is 6.04 Å². The van der Waals surface area contributed by atoms with E-state index in [1.54, 1.807) is 0 Å². The van der Waals surface area contributed by atoms with Gasteiger partial charge in [-0.05, 0) is 37.9 Å². The van der Waals surface area contributed by atoms with Crippen LogP contribution in [0.25, 0.3) is 0 Å². The lowest BCUT2D eigenvalue weighted by atomic mass is 10.1. The zero-order valence-corrected chi connectivity index (χ0v) is 9.26. The molecule has 0 aromatic carbocycles. The Hall–Kier alpha value is -0.800. The van der Waals surface area contributed by atoms with Gasteiger partial charge in [0, 0.05) is 31.0 Å². The predicted molar refractivity (Wildman–Crippen MR) is 63.0 cm³/mol. The van der Waals surface area contributed by atoms with Gasteiger partial charge in [0.05, 0.1) is 0 Å². The van der Waals surface area contributed by atoms with Gasteiger partial charge in [0.1, 0.15) is 0 Å². The largest absolute Gasteiger partial charge is 0.365 e. The Labute approximate surface area is 91.7 Å². The zero-order valence-electron chi connectivity index (χ0n) is 9.26. The van der Waals surface area contributed by atoms with E-state index in [0.717, 1.165) is 19.5 Å². The van der Waals surface area contributed by atoms with E-state index in [4.69, 9.17) is 0 Å². The maximum Gasteiger partial charge on any atom is 0.0192 e. The minimum Gasteiger partial charge on any atom is -0.365 e. The Balaban J connectivity index is 1.54. The molecule has 3 heteroatoms. The van der Waals surface area contributed by atoms with Crippen molar-refractivity contribution in [3.8, 4) is 0 Å². The van der Waals surface area contributed by atoms with E-state index in [1.165, 1.54) is 31.5 Å². The van der Waals surface area contributed by atoms with Crippen LogP contribution < -0.4 is 10.6 Å². The van der Waals surface area contributed by atoms with Crippen LogP contribution in [0.3, 0.4) is 0 Å². The molecule has 2 heterocycles. The molecular formula is C12H21N3. The summed E-state index contributed by atoms with van der Waals surface area (Å²) in [6.45, 7) is 3.38. The van der Waals surface area contributed by atoms with E-state index in [-0.39, 0.29) is 0 Å². The number of rotatable bonds is 5. The van der Waals surface area contributed by atoms with Crippen LogP contribution in [0, 0.1) is 0 Å². The minimum atomic E-state index is 0.697. The lowest BCUT2D eigenvalue weighted by Crippen LogP contribution is -2.42. The monoisotopic (exact) mass is 207 g/mol. The molecule has 1 atom stereocenters. The van der Waals surface area contributed by atoms with Crippen molar-refractivity contribution >= 4 is 0 Å². The first-order valence-corrected chi connectivity index (χ1v) is 6.01. The molecule has 1 aromatic heterocycles. The van der Waals surface area contributed by atoms with Crippen LogP contribution >= 0.6 is 0 Å². The number of piperidine rings is 1. The number of aromatic nitrogens is 1. The van der Waals surface area contributed by atoms with Crippen molar-refractivity contribution in [2.45, 2.75) is 31.7 Å². The molecule has 3 nitrogen and oxygen atoms in total. The van der Waals surface area contributed by atoms with Gasteiger partial charge in [-0.1, -0.05) is 6.42 Å². The normalized spacial score (nSPS) is 21.7. The van der Waals surface area contributed by atoms with E-state index >= 15 is 0 Å². The Kier molecular flexibility index (Phi) is 4.23. The molecule has 0 aliphatic carbocycles. The highest BCUT2D eigenvalue weighted by molar-refractivity contribution is 5.03. The average Bonchev–Trinajstić information content (AvgIpc) is 2.79. The van der Waals surface area contributed by atoms with E-state index in [9.17, 15) is 0 Å². The highest BCUT2D eigenvalue weighted by atomic mass is 15.0. The quantitative estimate of drug-likeness (QED) is 0.637. The van der Waals surface area contributed by atoms with Gasteiger partial charge >= 0.3 is 0 Å². The van der Waals surface area contributed by atoms with Crippen molar-refractivity contribution in [2.24, 2.45) is 0 Å². The summed E-state index contributed by atoms with van der Waals surface area (Å²) < 4.78 is 0. The van der Waals surface area contributed by atoms with Gasteiger partial charge in [-0.15, -0.1) is 0 Å². The molecule has 3 N–H and O–H groups in total. The number of nitrogens with one attached hydrogen (secondary N) is 3. The topological polar surface area (TPSA) is 39.9 Å². The second kappa shape index (κ2) is 5.93. The van der Waals surface area contributed by atoms with Crippen LogP contribution in [0.15, 0.2) is 18.3 Å². The summed E-state index contributed by atoms with van der Waals surface area (Å²) in [5.74, 6) is 0. The van der Waals surface area contributed by atoms with Crippen LogP contribution in [0.5, 0.6) is 0 Å². The summed E-state index contributed by atoms with van der Waals surface area (Å²) in [5, 5.41) is 7.05. The highest BCUT2D eigenvalue weighted by Crippen LogP contribution is 2.05. The van der Waals surface area contributed by atoms with Gasteiger partial charge in [-0.2, -0.15) is 0 Å². The van der Waals surface area contributed by atoms with Gasteiger partial charge in [-0.3, -0.25) is 0 Å². The summed E-state index contributed by atoms with van der Waals surface area (Å²) in [5.41, 5.74) is 1.32. The SMILES string of the molecule is c1c[nH]c(CCNCC2CCCCN2)c1. The molecule has 84 valence electrons. The van der Waals surface area contributed by atoms with Crippen LogP contribution in [-0.4, -0.2) is 30.7 Å². The first-order valence-electron chi connectivity index (χ1n) is 6.01. The first kappa shape index (κ1) is 10.7. The average molecular weight is 207 g/mol. The third kappa shape index (κ3) is 3.68. The van der Waals surface area contributed by atoms with E-state index in [2.05, 4.69) is 27.8 Å². The molecule has 1 fully saturated rings. The van der Waals surface area contributed by atoms with Gasteiger partial charge in [0.25, 0.3) is 0 Å². The van der Waals surface area contributed by atoms with Crippen LogP contribution in [0.4, 0.5) is 0 Å². The molecule has 1 aromatic rings. The summed E-state index contributed by atoms with van der Waals surface area (Å²) in [6, 6.07) is 4.89. The van der Waals surface area contributed by atoms with E-state index in [1.807, 2.05) is 6.20 Å². The second-order valence-electron chi connectivity index (χ2n) is 4.30. The Morgan fingerprint density at radius 2 is 2.40 bits per heavy atom. The molecule has 0 radical (unpaired) electrons. The fourth-order valence-corrected chi connectivity index (χ4v) is 2.12. The summed E-state index contributed by atoms with van der Waals surface area (Å²) >= 11 is 0. The van der Waals surface area contributed by atoms with Crippen LogP contribution in [0.1, 0.15) is 25.0 Å². The molecule has 0 amide bonds. The Bertz CT molecular complexity index is 250. The van der Waals surface area contributed by atoms with Crippen molar-refractivity contribution in [3.63, 3.8) is 0 Å². The molecule has 0 spiro atoms. The van der Waals surface area contributed by atoms with Crippen molar-refractivity contribution in [2.75, 3.05) is 19.6 Å². The third-order valence-corrected chi connectivity index (χ3v) is 3.04. The lowest BCUT2D eigenvalue weighted by Gasteiger charge is -2.23. The molecule has 15 heavy (non-hydrogen) atoms. The maximum atomic E-state index is 3.54. The number of H-pyrrole nitrogens is 1. The van der Waals surface area contributed by atoms with Gasteiger partial charge < -0.3 is 15.6 Å². The van der Waals surface area contributed by atoms with Crippen molar-refractivity contribution in [3.05, 3.63) is 24.0 Å². The molecule has 1 aliphatic rings. The molecule has 0 bridgehead atoms. The minimum absolute atomic E-state index is 0.697. The fraction of sp³-hybridized carbons (Fsp3) is 0.667. The molecule has 0 saturated carbocycles. The Morgan fingerprint density at radius 1 is 1.40 bits per heavy atom. The maximum absolute atomic E-state index is 3.54. The van der Waals surface area contributed by atoms with Crippen LogP contribution in [-0.2, 0) is 6.42 Å². The number of hydrogen-bond acceptors (Lipinski definition) is 2. The van der Waals surface area contributed by atoms with Crippen molar-refractivity contribution in [1.82, 2.24) is 15.6 Å². The number of aromatic amines is 1. The smallest absolute Gasteiger partial charge is 0.0192 e. The molecule has 1 saturated heterocycles. The van der Waals surface area contributed by atoms with Crippen molar-refractivity contribution < 1.29 is 0 Å². The summed E-state index contributed by atoms with van der Waals surface area (Å²) in [6.07, 6.45) is 7.14. The van der Waals surface area contributed by atoms with Gasteiger partial charge in [0.2, 0.25) is 0 Å². The Morgan fingerprint density at radius 3 is 3.13 bits per heavy atom. The summed E-state index contributed by atoms with van der Waals surface area (Å²) in [7, 11) is 0. The third-order valence-electron chi connectivity index (χ3n) is 3.04. The lowest BCUT2D eigenvalue weighted by molar-refractivity contribution is 0.384. The number of hydrogen-bond donors (Lipinski definition) is 3. The first-order chi connectivity index (χ1) is 7.45. The summed E-state index contributed by atoms with van der Waals surface area (Å²) in [4.78, 5) is 3.22. The highest BCUT2D eigenvalue weighted by Gasteiger charge is 2.10. The standard InChI is InChI=1S/C12H21N3/c1-2-7-15-12(4-1)10-13-9-6-11-5-3-8-14-11/h3,5,8,12-15H,1-2,4,6-7,9-10H2. The fourth-order valence-electron chi connectivity index (χ4n) is 2.12. The molecular weight excluding hydrogens is 186 g/mol. The van der Waals surface area contributed by atoms with Crippen molar-refractivity contribution in [1.29, 1.82) is 0 Å². The van der Waals surface area contributed by atoms with E-state index < -0.39 is 0 Å². The van der Waals surface area contributed by atoms with Crippen LogP contribution in [0.2, 0.25) is 0 Å².